The third-order valence-electron chi connectivity index (χ3n) is 3.81. The van der Waals surface area contributed by atoms with Crippen molar-refractivity contribution in [3.05, 3.63) is 29.8 Å². The average molecular weight is 351 g/mol. The third kappa shape index (κ3) is 5.11. The van der Waals surface area contributed by atoms with Gasteiger partial charge in [-0.1, -0.05) is 0 Å². The van der Waals surface area contributed by atoms with E-state index in [-0.39, 0.29) is 30.1 Å². The van der Waals surface area contributed by atoms with Crippen LogP contribution in [-0.4, -0.2) is 35.7 Å². The van der Waals surface area contributed by atoms with Gasteiger partial charge in [-0.05, 0) is 43.9 Å². The van der Waals surface area contributed by atoms with E-state index in [9.17, 15) is 13.6 Å². The molecule has 2 atom stereocenters. The number of carbonyl (C=O) groups excluding carboxylic acids is 1. The summed E-state index contributed by atoms with van der Waals surface area (Å²) in [6.07, 6.45) is 2.02. The molecule has 2 unspecified atom stereocenters. The summed E-state index contributed by atoms with van der Waals surface area (Å²) in [7, 11) is 0. The molecule has 1 aromatic carbocycles. The van der Waals surface area contributed by atoms with Gasteiger partial charge < -0.3 is 10.6 Å². The molecule has 1 saturated heterocycles. The first-order chi connectivity index (χ1) is 9.97. The molecule has 7 heteroatoms. The summed E-state index contributed by atoms with van der Waals surface area (Å²) in [5.74, 6) is -1.16. The summed E-state index contributed by atoms with van der Waals surface area (Å²) in [5, 5.41) is 0. The van der Waals surface area contributed by atoms with Gasteiger partial charge in [-0.15, -0.1) is 24.2 Å². The van der Waals surface area contributed by atoms with E-state index < -0.39 is 11.6 Å². The van der Waals surface area contributed by atoms with E-state index in [0.717, 1.165) is 31.5 Å². The van der Waals surface area contributed by atoms with Crippen molar-refractivity contribution < 1.29 is 13.6 Å². The Labute approximate surface area is 140 Å². The van der Waals surface area contributed by atoms with Crippen LogP contribution in [0.1, 0.15) is 19.8 Å². The summed E-state index contributed by atoms with van der Waals surface area (Å²) in [5.41, 5.74) is 5.90. The van der Waals surface area contributed by atoms with E-state index >= 15 is 0 Å². The van der Waals surface area contributed by atoms with Gasteiger partial charge in [0.05, 0.1) is 5.75 Å². The monoisotopic (exact) mass is 350 g/mol. The molecular formula is C15H21ClF2N2OS. The van der Waals surface area contributed by atoms with Gasteiger partial charge in [0.15, 0.2) is 11.6 Å². The molecule has 1 heterocycles. The molecule has 0 radical (unpaired) electrons. The van der Waals surface area contributed by atoms with Gasteiger partial charge in [0.1, 0.15) is 0 Å². The highest BCUT2D eigenvalue weighted by atomic mass is 35.5. The zero-order valence-electron chi connectivity index (χ0n) is 12.4. The van der Waals surface area contributed by atoms with E-state index in [2.05, 4.69) is 0 Å². The molecule has 1 aliphatic heterocycles. The number of benzene rings is 1. The summed E-state index contributed by atoms with van der Waals surface area (Å²) in [6, 6.07) is 3.76. The van der Waals surface area contributed by atoms with Crippen LogP contribution in [-0.2, 0) is 4.79 Å². The Morgan fingerprint density at radius 2 is 2.18 bits per heavy atom. The molecule has 0 saturated carbocycles. The zero-order chi connectivity index (χ0) is 15.4. The minimum atomic E-state index is -0.887. The standard InChI is InChI=1S/C15H20F2N2OS.ClH/c1-10(18)11-3-2-6-19(8-11)15(20)9-21-12-4-5-13(16)14(17)7-12;/h4-5,7,10-11H,2-3,6,8-9,18H2,1H3;1H. The van der Waals surface area contributed by atoms with Gasteiger partial charge in [0, 0.05) is 24.0 Å². The Kier molecular flexibility index (Phi) is 7.59. The normalized spacial score (nSPS) is 19.5. The van der Waals surface area contributed by atoms with E-state index in [1.807, 2.05) is 11.8 Å². The molecule has 1 aromatic rings. The maximum Gasteiger partial charge on any atom is 0.232 e. The Morgan fingerprint density at radius 3 is 2.82 bits per heavy atom. The second-order valence-corrected chi connectivity index (χ2v) is 6.51. The molecule has 0 aliphatic carbocycles. The van der Waals surface area contributed by atoms with E-state index in [4.69, 9.17) is 5.73 Å². The number of nitrogens with two attached hydrogens (primary N) is 1. The fraction of sp³-hybridized carbons (Fsp3) is 0.533. The summed E-state index contributed by atoms with van der Waals surface area (Å²) < 4.78 is 25.9. The lowest BCUT2D eigenvalue weighted by molar-refractivity contribution is -0.130. The van der Waals surface area contributed by atoms with Crippen LogP contribution in [0.4, 0.5) is 8.78 Å². The average Bonchev–Trinajstić information content (AvgIpc) is 2.48. The molecule has 3 nitrogen and oxygen atoms in total. The number of thioether (sulfide) groups is 1. The van der Waals surface area contributed by atoms with Gasteiger partial charge in [-0.2, -0.15) is 0 Å². The smallest absolute Gasteiger partial charge is 0.232 e. The number of rotatable bonds is 4. The first kappa shape index (κ1) is 19.2. The first-order valence-corrected chi connectivity index (χ1v) is 8.07. The Balaban J connectivity index is 0.00000242. The number of amides is 1. The quantitative estimate of drug-likeness (QED) is 0.849. The highest BCUT2D eigenvalue weighted by Crippen LogP contribution is 2.23. The van der Waals surface area contributed by atoms with E-state index in [1.165, 1.54) is 17.8 Å². The number of carbonyl (C=O) groups is 1. The van der Waals surface area contributed by atoms with Crippen LogP contribution in [0.2, 0.25) is 0 Å². The van der Waals surface area contributed by atoms with Crippen LogP contribution in [0, 0.1) is 17.6 Å². The van der Waals surface area contributed by atoms with E-state index in [0.29, 0.717) is 17.4 Å². The molecule has 1 fully saturated rings. The van der Waals surface area contributed by atoms with Crippen molar-refractivity contribution in [1.29, 1.82) is 0 Å². The largest absolute Gasteiger partial charge is 0.342 e. The van der Waals surface area contributed by atoms with E-state index in [1.54, 1.807) is 0 Å². The van der Waals surface area contributed by atoms with Crippen LogP contribution >= 0.6 is 24.2 Å². The van der Waals surface area contributed by atoms with Crippen molar-refractivity contribution in [3.63, 3.8) is 0 Å². The third-order valence-corrected chi connectivity index (χ3v) is 4.79. The lowest BCUT2D eigenvalue weighted by Crippen LogP contribution is -2.45. The van der Waals surface area contributed by atoms with Gasteiger partial charge in [0.2, 0.25) is 5.91 Å². The number of likely N-dealkylation sites (tertiary alicyclic amines) is 1. The number of hydrogen-bond acceptors (Lipinski definition) is 3. The minimum Gasteiger partial charge on any atom is -0.342 e. The minimum absolute atomic E-state index is 0. The maximum atomic E-state index is 13.1. The van der Waals surface area contributed by atoms with Crippen molar-refractivity contribution >= 4 is 30.1 Å². The number of hydrogen-bond donors (Lipinski definition) is 1. The molecule has 124 valence electrons. The van der Waals surface area contributed by atoms with Gasteiger partial charge >= 0.3 is 0 Å². The maximum absolute atomic E-state index is 13.1. The Morgan fingerprint density at radius 1 is 1.45 bits per heavy atom. The topological polar surface area (TPSA) is 46.3 Å². The molecule has 0 aromatic heterocycles. The van der Waals surface area contributed by atoms with Gasteiger partial charge in [-0.25, -0.2) is 8.78 Å². The second kappa shape index (κ2) is 8.70. The summed E-state index contributed by atoms with van der Waals surface area (Å²) >= 11 is 1.23. The predicted octanol–water partition coefficient (Wildman–Crippen LogP) is 3.06. The number of piperidine rings is 1. The molecule has 2 N–H and O–H groups in total. The summed E-state index contributed by atoms with van der Waals surface area (Å²) in [4.78, 5) is 14.6. The molecule has 0 spiro atoms. The van der Waals surface area contributed by atoms with Gasteiger partial charge in [0.25, 0.3) is 0 Å². The Hall–Kier alpha value is -0.850. The molecular weight excluding hydrogens is 330 g/mol. The highest BCUT2D eigenvalue weighted by molar-refractivity contribution is 8.00. The fourth-order valence-electron chi connectivity index (χ4n) is 2.47. The van der Waals surface area contributed by atoms with Crippen molar-refractivity contribution in [3.8, 4) is 0 Å². The molecule has 1 amide bonds. The van der Waals surface area contributed by atoms with Crippen LogP contribution in [0.15, 0.2) is 23.1 Å². The van der Waals surface area contributed by atoms with Crippen molar-refractivity contribution in [2.45, 2.75) is 30.7 Å². The molecule has 0 bridgehead atoms. The van der Waals surface area contributed by atoms with Gasteiger partial charge in [-0.3, -0.25) is 4.79 Å². The predicted molar refractivity (Wildman–Crippen MR) is 87.3 cm³/mol. The zero-order valence-corrected chi connectivity index (χ0v) is 14.1. The molecule has 1 aliphatic rings. The first-order valence-electron chi connectivity index (χ1n) is 7.08. The lowest BCUT2D eigenvalue weighted by Gasteiger charge is -2.34. The lowest BCUT2D eigenvalue weighted by atomic mass is 9.92. The van der Waals surface area contributed by atoms with Crippen LogP contribution in [0.25, 0.3) is 0 Å². The summed E-state index contributed by atoms with van der Waals surface area (Å²) in [6.45, 7) is 3.41. The second-order valence-electron chi connectivity index (χ2n) is 5.47. The van der Waals surface area contributed by atoms with Crippen LogP contribution in [0.5, 0.6) is 0 Å². The van der Waals surface area contributed by atoms with Crippen molar-refractivity contribution in [2.24, 2.45) is 11.7 Å². The fourth-order valence-corrected chi connectivity index (χ4v) is 3.29. The molecule has 22 heavy (non-hydrogen) atoms. The number of halogens is 3. The molecule has 2 rings (SSSR count). The Bertz CT molecular complexity index is 516. The SMILES string of the molecule is CC(N)C1CCCN(C(=O)CSc2ccc(F)c(F)c2)C1.Cl. The highest BCUT2D eigenvalue weighted by Gasteiger charge is 2.25. The van der Waals surface area contributed by atoms with Crippen molar-refractivity contribution in [2.75, 3.05) is 18.8 Å². The van der Waals surface area contributed by atoms with Crippen molar-refractivity contribution in [1.82, 2.24) is 4.90 Å². The van der Waals surface area contributed by atoms with Crippen LogP contribution < -0.4 is 5.73 Å². The number of nitrogens with zero attached hydrogens (tertiary/aromatic N) is 1. The van der Waals surface area contributed by atoms with Crippen LogP contribution in [0.3, 0.4) is 0 Å².